The van der Waals surface area contributed by atoms with Crippen molar-refractivity contribution in [2.75, 3.05) is 26.2 Å². The SMILES string of the molecule is O=C(C=NO)N1CCN(Cc2cccc(Cl)c2)CC1. The third-order valence-corrected chi connectivity index (χ3v) is 3.38. The maximum absolute atomic E-state index is 11.5. The van der Waals surface area contributed by atoms with Crippen LogP contribution in [-0.2, 0) is 11.3 Å². The van der Waals surface area contributed by atoms with E-state index in [2.05, 4.69) is 10.1 Å². The summed E-state index contributed by atoms with van der Waals surface area (Å²) in [7, 11) is 0. The van der Waals surface area contributed by atoms with Gasteiger partial charge in [-0.2, -0.15) is 0 Å². The molecule has 1 amide bonds. The lowest BCUT2D eigenvalue weighted by atomic mass is 10.2. The first-order valence-electron chi connectivity index (χ1n) is 6.12. The molecule has 0 bridgehead atoms. The molecule has 1 N–H and O–H groups in total. The molecular formula is C13H16ClN3O2. The smallest absolute Gasteiger partial charge is 0.268 e. The van der Waals surface area contributed by atoms with Crippen LogP contribution in [0.4, 0.5) is 0 Å². The number of hydrogen-bond acceptors (Lipinski definition) is 4. The Morgan fingerprint density at radius 1 is 1.37 bits per heavy atom. The largest absolute Gasteiger partial charge is 0.411 e. The molecule has 1 aromatic carbocycles. The van der Waals surface area contributed by atoms with E-state index in [1.807, 2.05) is 24.3 Å². The van der Waals surface area contributed by atoms with Gasteiger partial charge in [0.05, 0.1) is 0 Å². The van der Waals surface area contributed by atoms with Crippen LogP contribution < -0.4 is 0 Å². The summed E-state index contributed by atoms with van der Waals surface area (Å²) in [5.74, 6) is -0.245. The third-order valence-electron chi connectivity index (χ3n) is 3.15. The van der Waals surface area contributed by atoms with Crippen molar-refractivity contribution in [2.24, 2.45) is 5.16 Å². The molecule has 102 valence electrons. The molecule has 1 aromatic rings. The van der Waals surface area contributed by atoms with Gasteiger partial charge in [0.25, 0.3) is 5.91 Å². The Labute approximate surface area is 117 Å². The van der Waals surface area contributed by atoms with Crippen molar-refractivity contribution < 1.29 is 10.0 Å². The van der Waals surface area contributed by atoms with Crippen molar-refractivity contribution in [3.8, 4) is 0 Å². The molecule has 1 saturated heterocycles. The molecule has 0 aliphatic carbocycles. The molecule has 1 fully saturated rings. The van der Waals surface area contributed by atoms with Gasteiger partial charge in [-0.3, -0.25) is 9.69 Å². The number of hydrogen-bond donors (Lipinski definition) is 1. The van der Waals surface area contributed by atoms with E-state index in [0.29, 0.717) is 13.1 Å². The summed E-state index contributed by atoms with van der Waals surface area (Å²) >= 11 is 5.95. The van der Waals surface area contributed by atoms with Crippen molar-refractivity contribution in [1.29, 1.82) is 0 Å². The van der Waals surface area contributed by atoms with Crippen LogP contribution in [0.5, 0.6) is 0 Å². The fraction of sp³-hybridized carbons (Fsp3) is 0.385. The number of carbonyl (C=O) groups is 1. The Kier molecular flexibility index (Phi) is 4.76. The molecule has 6 heteroatoms. The lowest BCUT2D eigenvalue weighted by Gasteiger charge is -2.34. The van der Waals surface area contributed by atoms with Gasteiger partial charge in [0.15, 0.2) is 0 Å². The van der Waals surface area contributed by atoms with Gasteiger partial charge in [0.1, 0.15) is 6.21 Å². The lowest BCUT2D eigenvalue weighted by molar-refractivity contribution is -0.125. The molecule has 0 spiro atoms. The minimum absolute atomic E-state index is 0.245. The predicted octanol–water partition coefficient (Wildman–Crippen LogP) is 1.44. The average molecular weight is 282 g/mol. The molecule has 0 unspecified atom stereocenters. The first-order chi connectivity index (χ1) is 9.19. The van der Waals surface area contributed by atoms with Crippen molar-refractivity contribution in [2.45, 2.75) is 6.54 Å². The van der Waals surface area contributed by atoms with Crippen LogP contribution in [0.2, 0.25) is 5.02 Å². The number of oxime groups is 1. The van der Waals surface area contributed by atoms with Crippen LogP contribution in [0.3, 0.4) is 0 Å². The highest BCUT2D eigenvalue weighted by Crippen LogP contribution is 2.13. The van der Waals surface area contributed by atoms with Crippen LogP contribution >= 0.6 is 11.6 Å². The van der Waals surface area contributed by atoms with Crippen LogP contribution in [0.15, 0.2) is 29.4 Å². The first-order valence-corrected chi connectivity index (χ1v) is 6.50. The van der Waals surface area contributed by atoms with Gasteiger partial charge in [0.2, 0.25) is 0 Å². The molecule has 2 rings (SSSR count). The van der Waals surface area contributed by atoms with Gasteiger partial charge >= 0.3 is 0 Å². The summed E-state index contributed by atoms with van der Waals surface area (Å²) < 4.78 is 0. The highest BCUT2D eigenvalue weighted by Gasteiger charge is 2.20. The number of benzene rings is 1. The molecule has 1 heterocycles. The molecule has 1 aliphatic rings. The summed E-state index contributed by atoms with van der Waals surface area (Å²) in [6, 6.07) is 7.80. The predicted molar refractivity (Wildman–Crippen MR) is 73.6 cm³/mol. The van der Waals surface area contributed by atoms with Gasteiger partial charge < -0.3 is 10.1 Å². The number of carbonyl (C=O) groups excluding carboxylic acids is 1. The van der Waals surface area contributed by atoms with E-state index in [1.165, 1.54) is 5.56 Å². The third kappa shape index (κ3) is 3.94. The topological polar surface area (TPSA) is 56.1 Å². The number of piperazine rings is 1. The van der Waals surface area contributed by atoms with E-state index in [4.69, 9.17) is 16.8 Å². The molecule has 0 atom stereocenters. The highest BCUT2D eigenvalue weighted by atomic mass is 35.5. The minimum atomic E-state index is -0.245. The van der Waals surface area contributed by atoms with Gasteiger partial charge in [-0.1, -0.05) is 28.9 Å². The Hall–Kier alpha value is -1.59. The molecule has 0 radical (unpaired) electrons. The zero-order valence-electron chi connectivity index (χ0n) is 10.5. The summed E-state index contributed by atoms with van der Waals surface area (Å²) in [5.41, 5.74) is 1.17. The number of halogens is 1. The Morgan fingerprint density at radius 3 is 2.74 bits per heavy atom. The lowest BCUT2D eigenvalue weighted by Crippen LogP contribution is -2.48. The molecule has 0 saturated carbocycles. The maximum Gasteiger partial charge on any atom is 0.268 e. The van der Waals surface area contributed by atoms with E-state index in [-0.39, 0.29) is 5.91 Å². The number of nitrogens with zero attached hydrogens (tertiary/aromatic N) is 3. The second-order valence-electron chi connectivity index (χ2n) is 4.48. The van der Waals surface area contributed by atoms with E-state index < -0.39 is 0 Å². The van der Waals surface area contributed by atoms with Crippen molar-refractivity contribution >= 4 is 23.7 Å². The van der Waals surface area contributed by atoms with Crippen molar-refractivity contribution in [1.82, 2.24) is 9.80 Å². The van der Waals surface area contributed by atoms with Gasteiger partial charge in [-0.15, -0.1) is 0 Å². The van der Waals surface area contributed by atoms with E-state index in [0.717, 1.165) is 30.9 Å². The zero-order chi connectivity index (χ0) is 13.7. The summed E-state index contributed by atoms with van der Waals surface area (Å²) in [4.78, 5) is 15.4. The molecular weight excluding hydrogens is 266 g/mol. The summed E-state index contributed by atoms with van der Waals surface area (Å²) in [6.07, 6.45) is 0.937. The van der Waals surface area contributed by atoms with Gasteiger partial charge in [-0.05, 0) is 17.7 Å². The number of rotatable bonds is 3. The second kappa shape index (κ2) is 6.54. The average Bonchev–Trinajstić information content (AvgIpc) is 2.40. The molecule has 0 aromatic heterocycles. The van der Waals surface area contributed by atoms with E-state index >= 15 is 0 Å². The standard InChI is InChI=1S/C13H16ClN3O2/c14-12-3-1-2-11(8-12)10-16-4-6-17(7-5-16)13(18)9-15-19/h1-3,8-9,19H,4-7,10H2. The fourth-order valence-corrected chi connectivity index (χ4v) is 2.36. The van der Waals surface area contributed by atoms with E-state index in [9.17, 15) is 4.79 Å². The van der Waals surface area contributed by atoms with Crippen LogP contribution in [-0.4, -0.2) is 53.3 Å². The fourth-order valence-electron chi connectivity index (χ4n) is 2.15. The van der Waals surface area contributed by atoms with Crippen LogP contribution in [0, 0.1) is 0 Å². The van der Waals surface area contributed by atoms with Crippen LogP contribution in [0.25, 0.3) is 0 Å². The van der Waals surface area contributed by atoms with Crippen molar-refractivity contribution in [3.05, 3.63) is 34.9 Å². The Morgan fingerprint density at radius 2 is 2.11 bits per heavy atom. The quantitative estimate of drug-likeness (QED) is 0.518. The monoisotopic (exact) mass is 281 g/mol. The Balaban J connectivity index is 1.85. The zero-order valence-corrected chi connectivity index (χ0v) is 11.3. The minimum Gasteiger partial charge on any atom is -0.411 e. The normalized spacial score (nSPS) is 17.0. The summed E-state index contributed by atoms with van der Waals surface area (Å²) in [5, 5.41) is 11.8. The van der Waals surface area contributed by atoms with Gasteiger partial charge in [0, 0.05) is 37.7 Å². The molecule has 1 aliphatic heterocycles. The second-order valence-corrected chi connectivity index (χ2v) is 4.91. The summed E-state index contributed by atoms with van der Waals surface area (Å²) in [6.45, 7) is 3.72. The molecule has 5 nitrogen and oxygen atoms in total. The number of amides is 1. The first kappa shape index (κ1) is 13.8. The van der Waals surface area contributed by atoms with E-state index in [1.54, 1.807) is 4.90 Å². The Bertz CT molecular complexity index is 471. The maximum atomic E-state index is 11.5. The highest BCUT2D eigenvalue weighted by molar-refractivity contribution is 6.30. The van der Waals surface area contributed by atoms with Crippen LogP contribution in [0.1, 0.15) is 5.56 Å². The van der Waals surface area contributed by atoms with Gasteiger partial charge in [-0.25, -0.2) is 0 Å². The molecule has 19 heavy (non-hydrogen) atoms. The van der Waals surface area contributed by atoms with Crippen molar-refractivity contribution in [3.63, 3.8) is 0 Å².